The van der Waals surface area contributed by atoms with Crippen LogP contribution in [0.3, 0.4) is 0 Å². The van der Waals surface area contributed by atoms with Crippen LogP contribution in [0.15, 0.2) is 30.3 Å². The van der Waals surface area contributed by atoms with Gasteiger partial charge in [0.05, 0.1) is 6.61 Å². The fourth-order valence-electron chi connectivity index (χ4n) is 2.41. The second-order valence-electron chi connectivity index (χ2n) is 5.83. The Morgan fingerprint density at radius 2 is 2.04 bits per heavy atom. The number of aliphatic hydroxyl groups excluding tert-OH is 2. The first kappa shape index (κ1) is 17.7. The van der Waals surface area contributed by atoms with Crippen LogP contribution in [0.1, 0.15) is 19.4 Å². The number of alkyl carbamates (subject to hydrolysis) is 1. The highest BCUT2D eigenvalue weighted by atomic mass is 16.8. The summed E-state index contributed by atoms with van der Waals surface area (Å²) in [5.74, 6) is -0.888. The van der Waals surface area contributed by atoms with Crippen molar-refractivity contribution in [1.29, 1.82) is 0 Å². The van der Waals surface area contributed by atoms with Gasteiger partial charge < -0.3 is 29.7 Å². The predicted molar refractivity (Wildman–Crippen MR) is 81.5 cm³/mol. The van der Waals surface area contributed by atoms with Crippen LogP contribution in [0.4, 0.5) is 4.79 Å². The van der Waals surface area contributed by atoms with Gasteiger partial charge >= 0.3 is 6.09 Å². The van der Waals surface area contributed by atoms with Crippen LogP contribution in [0.25, 0.3) is 0 Å². The number of benzene rings is 1. The van der Waals surface area contributed by atoms with Crippen LogP contribution < -0.4 is 5.32 Å². The molecule has 1 aromatic rings. The van der Waals surface area contributed by atoms with Crippen molar-refractivity contribution in [2.45, 2.75) is 44.6 Å². The standard InChI is InChI=1S/C16H23NO6/c1-16(2)22-13(14(23-16)12(19)9-18)8-17-15(20)21-10-11-6-4-3-5-7-11/h3-7,12-14,18-19H,8-10H2,1-2H3,(H,17,20)/t12-,13-,14-/m1/s1. The molecule has 7 nitrogen and oxygen atoms in total. The SMILES string of the molecule is CC1(C)O[C@H]([C@H](O)CO)[C@@H](CNC(=O)OCc2ccccc2)O1. The van der Waals surface area contributed by atoms with Crippen molar-refractivity contribution in [2.75, 3.05) is 13.2 Å². The van der Waals surface area contributed by atoms with E-state index in [2.05, 4.69) is 5.32 Å². The van der Waals surface area contributed by atoms with Gasteiger partial charge in [-0.1, -0.05) is 30.3 Å². The van der Waals surface area contributed by atoms with Crippen molar-refractivity contribution in [2.24, 2.45) is 0 Å². The molecule has 1 aromatic carbocycles. The molecular formula is C16H23NO6. The van der Waals surface area contributed by atoms with E-state index in [0.717, 1.165) is 5.56 Å². The molecule has 2 rings (SSSR count). The van der Waals surface area contributed by atoms with E-state index < -0.39 is 36.8 Å². The smallest absolute Gasteiger partial charge is 0.407 e. The highest BCUT2D eigenvalue weighted by Gasteiger charge is 2.44. The van der Waals surface area contributed by atoms with E-state index in [0.29, 0.717) is 0 Å². The summed E-state index contributed by atoms with van der Waals surface area (Å²) >= 11 is 0. The van der Waals surface area contributed by atoms with Gasteiger partial charge in [-0.2, -0.15) is 0 Å². The van der Waals surface area contributed by atoms with E-state index in [1.54, 1.807) is 13.8 Å². The van der Waals surface area contributed by atoms with E-state index in [-0.39, 0.29) is 13.2 Å². The maximum absolute atomic E-state index is 11.7. The number of hydrogen-bond acceptors (Lipinski definition) is 6. The van der Waals surface area contributed by atoms with Gasteiger partial charge in [-0.05, 0) is 19.4 Å². The Morgan fingerprint density at radius 3 is 2.70 bits per heavy atom. The molecule has 1 saturated heterocycles. The zero-order valence-electron chi connectivity index (χ0n) is 13.3. The molecule has 1 fully saturated rings. The van der Waals surface area contributed by atoms with E-state index in [1.807, 2.05) is 30.3 Å². The van der Waals surface area contributed by atoms with Gasteiger partial charge in [0.2, 0.25) is 0 Å². The summed E-state index contributed by atoms with van der Waals surface area (Å²) in [6, 6.07) is 9.33. The lowest BCUT2D eigenvalue weighted by Gasteiger charge is -2.20. The lowest BCUT2D eigenvalue weighted by atomic mass is 10.1. The van der Waals surface area contributed by atoms with Crippen LogP contribution >= 0.6 is 0 Å². The first-order valence-corrected chi connectivity index (χ1v) is 7.50. The lowest BCUT2D eigenvalue weighted by Crippen LogP contribution is -2.44. The maximum atomic E-state index is 11.7. The first-order chi connectivity index (χ1) is 10.9. The second-order valence-corrected chi connectivity index (χ2v) is 5.83. The molecular weight excluding hydrogens is 302 g/mol. The molecule has 0 spiro atoms. The van der Waals surface area contributed by atoms with Crippen molar-refractivity contribution in [1.82, 2.24) is 5.32 Å². The molecule has 0 bridgehead atoms. The van der Waals surface area contributed by atoms with Crippen molar-refractivity contribution in [3.05, 3.63) is 35.9 Å². The average molecular weight is 325 g/mol. The van der Waals surface area contributed by atoms with E-state index in [9.17, 15) is 9.90 Å². The van der Waals surface area contributed by atoms with Crippen molar-refractivity contribution in [3.8, 4) is 0 Å². The van der Waals surface area contributed by atoms with Crippen molar-refractivity contribution >= 4 is 6.09 Å². The molecule has 1 amide bonds. The number of hydrogen-bond donors (Lipinski definition) is 3. The van der Waals surface area contributed by atoms with Gasteiger partial charge in [-0.3, -0.25) is 0 Å². The fourth-order valence-corrected chi connectivity index (χ4v) is 2.41. The first-order valence-electron chi connectivity index (χ1n) is 7.50. The third-order valence-electron chi connectivity index (χ3n) is 3.45. The Kier molecular flexibility index (Phi) is 5.95. The molecule has 7 heteroatoms. The molecule has 3 N–H and O–H groups in total. The minimum absolute atomic E-state index is 0.110. The summed E-state index contributed by atoms with van der Waals surface area (Å²) in [6.45, 7) is 3.25. The molecule has 128 valence electrons. The largest absolute Gasteiger partial charge is 0.445 e. The normalized spacial score (nSPS) is 24.2. The predicted octanol–water partition coefficient (Wildman–Crippen LogP) is 0.786. The molecule has 3 atom stereocenters. The molecule has 0 aliphatic carbocycles. The molecule has 0 unspecified atom stereocenters. The molecule has 0 radical (unpaired) electrons. The Labute approximate surface area is 135 Å². The number of amides is 1. The molecule has 1 aliphatic rings. The summed E-state index contributed by atoms with van der Waals surface area (Å²) in [5.41, 5.74) is 0.887. The van der Waals surface area contributed by atoms with Crippen LogP contribution in [0, 0.1) is 0 Å². The van der Waals surface area contributed by atoms with Gasteiger partial charge in [0.1, 0.15) is 24.9 Å². The highest BCUT2D eigenvalue weighted by molar-refractivity contribution is 5.67. The Balaban J connectivity index is 1.80. The minimum atomic E-state index is -1.08. The van der Waals surface area contributed by atoms with Gasteiger partial charge in [-0.15, -0.1) is 0 Å². The van der Waals surface area contributed by atoms with Crippen molar-refractivity contribution < 1.29 is 29.2 Å². The van der Waals surface area contributed by atoms with Crippen molar-refractivity contribution in [3.63, 3.8) is 0 Å². The third kappa shape index (κ3) is 5.18. The van der Waals surface area contributed by atoms with Gasteiger partial charge in [0, 0.05) is 6.54 Å². The summed E-state index contributed by atoms with van der Waals surface area (Å²) in [7, 11) is 0. The zero-order chi connectivity index (χ0) is 16.9. The number of nitrogens with one attached hydrogen (secondary N) is 1. The lowest BCUT2D eigenvalue weighted by molar-refractivity contribution is -0.157. The van der Waals surface area contributed by atoms with E-state index in [4.69, 9.17) is 19.3 Å². The summed E-state index contributed by atoms with van der Waals surface area (Å²) < 4.78 is 16.3. The van der Waals surface area contributed by atoms with Crippen LogP contribution in [-0.4, -0.2) is 53.6 Å². The number of aliphatic hydroxyl groups is 2. The van der Waals surface area contributed by atoms with Gasteiger partial charge in [-0.25, -0.2) is 4.79 Å². The van der Waals surface area contributed by atoms with Gasteiger partial charge in [0.25, 0.3) is 0 Å². The molecule has 1 heterocycles. The van der Waals surface area contributed by atoms with Crippen LogP contribution in [0.5, 0.6) is 0 Å². The molecule has 23 heavy (non-hydrogen) atoms. The fraction of sp³-hybridized carbons (Fsp3) is 0.562. The number of carbonyl (C=O) groups excluding carboxylic acids is 1. The van der Waals surface area contributed by atoms with E-state index >= 15 is 0 Å². The monoisotopic (exact) mass is 325 g/mol. The summed E-state index contributed by atoms with van der Waals surface area (Å²) in [5, 5.41) is 21.4. The summed E-state index contributed by atoms with van der Waals surface area (Å²) in [6.07, 6.45) is -2.95. The average Bonchev–Trinajstić information content (AvgIpc) is 2.86. The zero-order valence-corrected chi connectivity index (χ0v) is 13.3. The number of ether oxygens (including phenoxy) is 3. The molecule has 0 aromatic heterocycles. The topological polar surface area (TPSA) is 97.2 Å². The minimum Gasteiger partial charge on any atom is -0.445 e. The highest BCUT2D eigenvalue weighted by Crippen LogP contribution is 2.29. The Morgan fingerprint density at radius 1 is 1.35 bits per heavy atom. The van der Waals surface area contributed by atoms with Gasteiger partial charge in [0.15, 0.2) is 5.79 Å². The maximum Gasteiger partial charge on any atom is 0.407 e. The Hall–Kier alpha value is -1.67. The third-order valence-corrected chi connectivity index (χ3v) is 3.45. The Bertz CT molecular complexity index is 507. The van der Waals surface area contributed by atoms with Crippen LogP contribution in [0.2, 0.25) is 0 Å². The second kappa shape index (κ2) is 7.74. The number of carbonyl (C=O) groups is 1. The van der Waals surface area contributed by atoms with E-state index in [1.165, 1.54) is 0 Å². The molecule has 0 saturated carbocycles. The summed E-state index contributed by atoms with van der Waals surface area (Å²) in [4.78, 5) is 11.7. The quantitative estimate of drug-likeness (QED) is 0.715. The molecule has 1 aliphatic heterocycles. The van der Waals surface area contributed by atoms with Crippen LogP contribution in [-0.2, 0) is 20.8 Å². The number of rotatable bonds is 6.